The number of rotatable bonds is 4. The van der Waals surface area contributed by atoms with Gasteiger partial charge in [-0.15, -0.1) is 0 Å². The molecule has 10 heteroatoms. The number of primary amides is 1. The van der Waals surface area contributed by atoms with Crippen LogP contribution < -0.4 is 16.7 Å². The second-order valence-corrected chi connectivity index (χ2v) is 7.88. The van der Waals surface area contributed by atoms with Gasteiger partial charge >= 0.3 is 5.69 Å². The van der Waals surface area contributed by atoms with E-state index in [0.29, 0.717) is 22.4 Å². The number of carbonyl (C=O) groups excluding carboxylic acids is 1. The van der Waals surface area contributed by atoms with E-state index in [1.165, 1.54) is 16.7 Å². The van der Waals surface area contributed by atoms with E-state index in [-0.39, 0.29) is 29.2 Å². The zero-order valence-electron chi connectivity index (χ0n) is 19.2. The lowest BCUT2D eigenvalue weighted by molar-refractivity contribution is 0.0996. The van der Waals surface area contributed by atoms with Crippen molar-refractivity contribution in [3.63, 3.8) is 0 Å². The summed E-state index contributed by atoms with van der Waals surface area (Å²) in [5.74, 6) is -1.36. The number of halogens is 1. The predicted molar refractivity (Wildman–Crippen MR) is 124 cm³/mol. The molecule has 0 aliphatic heterocycles. The van der Waals surface area contributed by atoms with E-state index >= 15 is 0 Å². The highest BCUT2D eigenvalue weighted by molar-refractivity contribution is 5.94. The summed E-state index contributed by atoms with van der Waals surface area (Å²) >= 11 is 0. The van der Waals surface area contributed by atoms with Crippen molar-refractivity contribution in [3.8, 4) is 6.07 Å². The molecule has 2 heterocycles. The first-order chi connectivity index (χ1) is 15.8. The smallest absolute Gasteiger partial charge is 0.330 e. The van der Waals surface area contributed by atoms with E-state index in [1.54, 1.807) is 24.7 Å². The Kier molecular flexibility index (Phi) is 7.11. The molecule has 0 radical (unpaired) electrons. The SMILES string of the molecule is CC.Cc1cc(C(N)=O)c(F)cc1Nc1ncc2c(n1)n(C1CCC(C#N)CC1)c(=O)n2C. The standard InChI is InChI=1S/C21H22FN7O2.C2H6/c1-11-7-14(18(24)30)15(22)8-16(11)26-20-25-10-17-19(27-20)29(21(31)28(17)2)13-5-3-12(9-23)4-6-13;1-2/h7-8,10,12-13H,3-6H2,1-2H3,(H2,24,30)(H,25,26,27);1-2H3. The van der Waals surface area contributed by atoms with Gasteiger partial charge in [-0.25, -0.2) is 14.2 Å². The third-order valence-corrected chi connectivity index (χ3v) is 5.90. The first-order valence-corrected chi connectivity index (χ1v) is 11.0. The molecule has 1 aromatic carbocycles. The molecule has 3 aromatic rings. The number of benzene rings is 1. The van der Waals surface area contributed by atoms with E-state index in [2.05, 4.69) is 21.4 Å². The maximum atomic E-state index is 14.2. The third kappa shape index (κ3) is 4.58. The van der Waals surface area contributed by atoms with Crippen molar-refractivity contribution in [2.45, 2.75) is 52.5 Å². The van der Waals surface area contributed by atoms with Crippen molar-refractivity contribution in [1.82, 2.24) is 19.1 Å². The number of carbonyl (C=O) groups is 1. The van der Waals surface area contributed by atoms with Gasteiger partial charge in [0.2, 0.25) is 5.95 Å². The van der Waals surface area contributed by atoms with E-state index in [1.807, 2.05) is 13.8 Å². The number of nitriles is 1. The van der Waals surface area contributed by atoms with Crippen molar-refractivity contribution in [2.24, 2.45) is 18.7 Å². The molecule has 4 rings (SSSR count). The molecule has 1 amide bonds. The summed E-state index contributed by atoms with van der Waals surface area (Å²) in [4.78, 5) is 33.0. The second kappa shape index (κ2) is 9.81. The molecule has 1 aliphatic carbocycles. The molecule has 9 nitrogen and oxygen atoms in total. The van der Waals surface area contributed by atoms with Gasteiger partial charge in [-0.05, 0) is 50.3 Å². The molecule has 1 aliphatic rings. The van der Waals surface area contributed by atoms with Gasteiger partial charge in [0.25, 0.3) is 5.91 Å². The largest absolute Gasteiger partial charge is 0.366 e. The Balaban J connectivity index is 0.00000149. The van der Waals surface area contributed by atoms with Crippen LogP contribution in [-0.2, 0) is 7.05 Å². The molecule has 33 heavy (non-hydrogen) atoms. The highest BCUT2D eigenvalue weighted by atomic mass is 19.1. The van der Waals surface area contributed by atoms with Crippen LogP contribution in [0.15, 0.2) is 23.1 Å². The quantitative estimate of drug-likeness (QED) is 0.619. The van der Waals surface area contributed by atoms with Gasteiger partial charge in [-0.3, -0.25) is 13.9 Å². The highest BCUT2D eigenvalue weighted by Crippen LogP contribution is 2.33. The minimum Gasteiger partial charge on any atom is -0.366 e. The number of fused-ring (bicyclic) bond motifs is 1. The molecule has 0 spiro atoms. The molecule has 2 aromatic heterocycles. The van der Waals surface area contributed by atoms with Crippen LogP contribution in [0.4, 0.5) is 16.0 Å². The van der Waals surface area contributed by atoms with Crippen LogP contribution in [-0.4, -0.2) is 25.0 Å². The summed E-state index contributed by atoms with van der Waals surface area (Å²) in [6.07, 6.45) is 4.48. The molecule has 0 saturated heterocycles. The van der Waals surface area contributed by atoms with Crippen LogP contribution in [0.3, 0.4) is 0 Å². The maximum absolute atomic E-state index is 14.2. The zero-order chi connectivity index (χ0) is 24.3. The Morgan fingerprint density at radius 2 is 1.94 bits per heavy atom. The Hall–Kier alpha value is -3.74. The summed E-state index contributed by atoms with van der Waals surface area (Å²) in [5, 5.41) is 12.1. The first kappa shape index (κ1) is 23.9. The fourth-order valence-corrected chi connectivity index (χ4v) is 4.11. The molecule has 1 saturated carbocycles. The van der Waals surface area contributed by atoms with Crippen LogP contribution >= 0.6 is 0 Å². The average Bonchev–Trinajstić information content (AvgIpc) is 3.06. The van der Waals surface area contributed by atoms with Gasteiger partial charge in [-0.1, -0.05) is 13.8 Å². The van der Waals surface area contributed by atoms with E-state index in [4.69, 9.17) is 11.0 Å². The average molecular weight is 454 g/mol. The number of aromatic nitrogens is 4. The van der Waals surface area contributed by atoms with Gasteiger partial charge < -0.3 is 11.1 Å². The van der Waals surface area contributed by atoms with Crippen LogP contribution in [0.25, 0.3) is 11.2 Å². The third-order valence-electron chi connectivity index (χ3n) is 5.90. The molecular formula is C23H28FN7O2. The Labute approximate surface area is 191 Å². The molecule has 0 unspecified atom stereocenters. The second-order valence-electron chi connectivity index (χ2n) is 7.88. The van der Waals surface area contributed by atoms with Crippen LogP contribution in [0, 0.1) is 30.0 Å². The van der Waals surface area contributed by atoms with Crippen molar-refractivity contribution < 1.29 is 9.18 Å². The van der Waals surface area contributed by atoms with Gasteiger partial charge in [0.05, 0.1) is 17.8 Å². The molecule has 1 fully saturated rings. The lowest BCUT2D eigenvalue weighted by Crippen LogP contribution is -2.28. The lowest BCUT2D eigenvalue weighted by atomic mass is 9.87. The Morgan fingerprint density at radius 3 is 2.55 bits per heavy atom. The minimum atomic E-state index is -0.843. The number of anilines is 2. The normalized spacial score (nSPS) is 17.7. The summed E-state index contributed by atoms with van der Waals surface area (Å²) in [6, 6.07) is 4.79. The number of aryl methyl sites for hydroxylation is 2. The maximum Gasteiger partial charge on any atom is 0.330 e. The number of nitrogens with two attached hydrogens (primary N) is 1. The molecule has 3 N–H and O–H groups in total. The highest BCUT2D eigenvalue weighted by Gasteiger charge is 2.26. The molecular weight excluding hydrogens is 425 g/mol. The van der Waals surface area contributed by atoms with Gasteiger partial charge in [0, 0.05) is 24.7 Å². The van der Waals surface area contributed by atoms with E-state index in [0.717, 1.165) is 25.7 Å². The van der Waals surface area contributed by atoms with Crippen molar-refractivity contribution in [2.75, 3.05) is 5.32 Å². The van der Waals surface area contributed by atoms with Crippen LogP contribution in [0.5, 0.6) is 0 Å². The number of hydrogen-bond donors (Lipinski definition) is 2. The van der Waals surface area contributed by atoms with Crippen molar-refractivity contribution in [1.29, 1.82) is 5.26 Å². The van der Waals surface area contributed by atoms with Crippen molar-refractivity contribution >= 4 is 28.7 Å². The van der Waals surface area contributed by atoms with Crippen LogP contribution in [0.1, 0.15) is 61.5 Å². The number of nitrogens with zero attached hydrogens (tertiary/aromatic N) is 5. The fourth-order valence-electron chi connectivity index (χ4n) is 4.11. The van der Waals surface area contributed by atoms with Crippen LogP contribution in [0.2, 0.25) is 0 Å². The summed E-state index contributed by atoms with van der Waals surface area (Å²) in [7, 11) is 1.67. The summed E-state index contributed by atoms with van der Waals surface area (Å²) < 4.78 is 17.4. The Bertz CT molecular complexity index is 1280. The Morgan fingerprint density at radius 1 is 1.27 bits per heavy atom. The number of hydrogen-bond acceptors (Lipinski definition) is 6. The molecule has 0 bridgehead atoms. The predicted octanol–water partition coefficient (Wildman–Crippen LogP) is 3.70. The molecule has 0 atom stereocenters. The first-order valence-electron chi connectivity index (χ1n) is 11.0. The fraction of sp³-hybridized carbons (Fsp3) is 0.435. The summed E-state index contributed by atoms with van der Waals surface area (Å²) in [6.45, 7) is 5.71. The number of imidazole rings is 1. The topological polar surface area (TPSA) is 132 Å². The monoisotopic (exact) mass is 453 g/mol. The number of amides is 1. The van der Waals surface area contributed by atoms with E-state index in [9.17, 15) is 14.0 Å². The number of nitrogens with one attached hydrogen (secondary N) is 1. The molecule has 174 valence electrons. The van der Waals surface area contributed by atoms with Crippen molar-refractivity contribution in [3.05, 3.63) is 45.8 Å². The zero-order valence-corrected chi connectivity index (χ0v) is 19.2. The summed E-state index contributed by atoms with van der Waals surface area (Å²) in [5.41, 5.74) is 6.88. The van der Waals surface area contributed by atoms with Gasteiger partial charge in [-0.2, -0.15) is 10.2 Å². The van der Waals surface area contributed by atoms with Gasteiger partial charge in [0.15, 0.2) is 5.65 Å². The lowest BCUT2D eigenvalue weighted by Gasteiger charge is -2.25. The van der Waals surface area contributed by atoms with E-state index < -0.39 is 11.7 Å². The van der Waals surface area contributed by atoms with Gasteiger partial charge in [0.1, 0.15) is 11.3 Å². The minimum absolute atomic E-state index is 0.0232.